The van der Waals surface area contributed by atoms with Gasteiger partial charge in [0.1, 0.15) is 6.54 Å². The van der Waals surface area contributed by atoms with Gasteiger partial charge in [-0.2, -0.15) is 0 Å². The second kappa shape index (κ2) is 6.48. The summed E-state index contributed by atoms with van der Waals surface area (Å²) in [6.07, 6.45) is 2.96. The lowest BCUT2D eigenvalue weighted by Gasteiger charge is -2.14. The van der Waals surface area contributed by atoms with Crippen molar-refractivity contribution in [2.45, 2.75) is 44.4 Å². The maximum atomic E-state index is 12.2. The van der Waals surface area contributed by atoms with Crippen LogP contribution < -0.4 is 5.32 Å². The molecule has 0 spiro atoms. The molecule has 22 heavy (non-hydrogen) atoms. The van der Waals surface area contributed by atoms with E-state index in [4.69, 9.17) is 0 Å². The first-order valence-corrected chi connectivity index (χ1v) is 9.16. The third-order valence-corrected chi connectivity index (χ3v) is 4.36. The highest BCUT2D eigenvalue weighted by molar-refractivity contribution is 7.90. The molecular formula is C15H21N3O3S. The molecule has 0 saturated carbocycles. The molecule has 1 heterocycles. The average Bonchev–Trinajstić information content (AvgIpc) is 2.78. The number of sulfone groups is 1. The quantitative estimate of drug-likeness (QED) is 0.878. The van der Waals surface area contributed by atoms with Gasteiger partial charge in [0.25, 0.3) is 0 Å². The molecule has 1 N–H and O–H groups in total. The second-order valence-electron chi connectivity index (χ2n) is 5.50. The van der Waals surface area contributed by atoms with Gasteiger partial charge in [0.15, 0.2) is 0 Å². The van der Waals surface area contributed by atoms with Gasteiger partial charge >= 0.3 is 0 Å². The summed E-state index contributed by atoms with van der Waals surface area (Å²) in [6, 6.07) is 7.14. The van der Waals surface area contributed by atoms with Crippen LogP contribution in [0.3, 0.4) is 0 Å². The Hall–Kier alpha value is -1.89. The molecule has 2 aromatic rings. The van der Waals surface area contributed by atoms with Crippen LogP contribution in [-0.2, 0) is 21.2 Å². The molecule has 120 valence electrons. The van der Waals surface area contributed by atoms with E-state index in [0.29, 0.717) is 11.0 Å². The zero-order chi connectivity index (χ0) is 16.3. The highest BCUT2D eigenvalue weighted by atomic mass is 32.2. The first kappa shape index (κ1) is 16.5. The number of hydrogen-bond acceptors (Lipinski definition) is 4. The van der Waals surface area contributed by atoms with Gasteiger partial charge < -0.3 is 9.88 Å². The van der Waals surface area contributed by atoms with Crippen LogP contribution in [0.15, 0.2) is 29.4 Å². The van der Waals surface area contributed by atoms with Crippen LogP contribution in [0.25, 0.3) is 11.0 Å². The maximum Gasteiger partial charge on any atom is 0.240 e. The van der Waals surface area contributed by atoms with Crippen LogP contribution in [-0.4, -0.2) is 36.2 Å². The maximum absolute atomic E-state index is 12.2. The number of fused-ring (bicyclic) bond motifs is 1. The number of imidazole rings is 1. The van der Waals surface area contributed by atoms with Gasteiger partial charge in [-0.05, 0) is 25.5 Å². The summed E-state index contributed by atoms with van der Waals surface area (Å²) in [5, 5.41) is 2.80. The Bertz CT molecular complexity index is 780. The van der Waals surface area contributed by atoms with Gasteiger partial charge in [-0.25, -0.2) is 13.4 Å². The zero-order valence-corrected chi connectivity index (χ0v) is 13.9. The minimum absolute atomic E-state index is 0.0586. The number of hydrogen-bond donors (Lipinski definition) is 1. The molecule has 7 heteroatoms. The van der Waals surface area contributed by atoms with Crippen molar-refractivity contribution in [2.24, 2.45) is 0 Å². The molecule has 0 bridgehead atoms. The molecule has 1 aromatic heterocycles. The fourth-order valence-corrected chi connectivity index (χ4v) is 3.29. The van der Waals surface area contributed by atoms with Gasteiger partial charge in [0.05, 0.1) is 11.0 Å². The normalized spacial score (nSPS) is 13.2. The summed E-state index contributed by atoms with van der Waals surface area (Å²) in [7, 11) is -3.51. The fourth-order valence-electron chi connectivity index (χ4n) is 2.46. The minimum Gasteiger partial charge on any atom is -0.352 e. The number of rotatable bonds is 6. The van der Waals surface area contributed by atoms with E-state index in [9.17, 15) is 13.2 Å². The molecular weight excluding hydrogens is 302 g/mol. The number of carbonyl (C=O) groups excluding carboxylic acids is 1. The Morgan fingerprint density at radius 2 is 2.05 bits per heavy atom. The first-order chi connectivity index (χ1) is 10.3. The van der Waals surface area contributed by atoms with E-state index in [1.807, 2.05) is 13.8 Å². The summed E-state index contributed by atoms with van der Waals surface area (Å²) in [4.78, 5) is 16.3. The SMILES string of the molecule is CCC[C@@H](C)NC(=O)Cn1c(S(C)(=O)=O)nc2ccccc21. The highest BCUT2D eigenvalue weighted by Gasteiger charge is 2.21. The lowest BCUT2D eigenvalue weighted by molar-refractivity contribution is -0.122. The molecule has 1 atom stereocenters. The van der Waals surface area contributed by atoms with Crippen molar-refractivity contribution in [3.63, 3.8) is 0 Å². The number of nitrogens with one attached hydrogen (secondary N) is 1. The van der Waals surface area contributed by atoms with E-state index >= 15 is 0 Å². The van der Waals surface area contributed by atoms with E-state index in [0.717, 1.165) is 19.1 Å². The van der Waals surface area contributed by atoms with Gasteiger partial charge in [-0.1, -0.05) is 25.5 Å². The highest BCUT2D eigenvalue weighted by Crippen LogP contribution is 2.19. The number of para-hydroxylation sites is 2. The van der Waals surface area contributed by atoms with Crippen LogP contribution in [0.4, 0.5) is 0 Å². The molecule has 0 fully saturated rings. The molecule has 0 radical (unpaired) electrons. The van der Waals surface area contributed by atoms with Crippen LogP contribution >= 0.6 is 0 Å². The van der Waals surface area contributed by atoms with E-state index < -0.39 is 9.84 Å². The Morgan fingerprint density at radius 3 is 2.68 bits per heavy atom. The van der Waals surface area contributed by atoms with Gasteiger partial charge in [0.2, 0.25) is 20.9 Å². The molecule has 6 nitrogen and oxygen atoms in total. The van der Waals surface area contributed by atoms with E-state index in [2.05, 4.69) is 10.3 Å². The lowest BCUT2D eigenvalue weighted by atomic mass is 10.2. The van der Waals surface area contributed by atoms with Crippen molar-refractivity contribution in [3.8, 4) is 0 Å². The van der Waals surface area contributed by atoms with Crippen LogP contribution in [0.5, 0.6) is 0 Å². The van der Waals surface area contributed by atoms with Crippen molar-refractivity contribution < 1.29 is 13.2 Å². The topological polar surface area (TPSA) is 81.1 Å². The molecule has 0 aliphatic carbocycles. The van der Waals surface area contributed by atoms with Crippen molar-refractivity contribution in [1.29, 1.82) is 0 Å². The number of nitrogens with zero attached hydrogens (tertiary/aromatic N) is 2. The largest absolute Gasteiger partial charge is 0.352 e. The summed E-state index contributed by atoms with van der Waals surface area (Å²) in [6.45, 7) is 3.93. The molecule has 1 aromatic carbocycles. The second-order valence-corrected chi connectivity index (χ2v) is 7.41. The number of aromatic nitrogens is 2. The van der Waals surface area contributed by atoms with E-state index in [-0.39, 0.29) is 23.7 Å². The summed E-state index contributed by atoms with van der Waals surface area (Å²) < 4.78 is 25.3. The molecule has 0 unspecified atom stereocenters. The van der Waals surface area contributed by atoms with Gasteiger partial charge in [-0.15, -0.1) is 0 Å². The molecule has 0 aliphatic heterocycles. The number of amides is 1. The molecule has 0 aliphatic rings. The Morgan fingerprint density at radius 1 is 1.36 bits per heavy atom. The Kier molecular flexibility index (Phi) is 4.85. The smallest absolute Gasteiger partial charge is 0.240 e. The first-order valence-electron chi connectivity index (χ1n) is 7.27. The zero-order valence-electron chi connectivity index (χ0n) is 13.0. The van der Waals surface area contributed by atoms with Crippen molar-refractivity contribution in [3.05, 3.63) is 24.3 Å². The van der Waals surface area contributed by atoms with Gasteiger partial charge in [0, 0.05) is 12.3 Å². The summed E-state index contributed by atoms with van der Waals surface area (Å²) >= 11 is 0. The third kappa shape index (κ3) is 3.65. The van der Waals surface area contributed by atoms with Gasteiger partial charge in [-0.3, -0.25) is 4.79 Å². The lowest BCUT2D eigenvalue weighted by Crippen LogP contribution is -2.35. The van der Waals surface area contributed by atoms with E-state index in [1.165, 1.54) is 4.57 Å². The third-order valence-electron chi connectivity index (χ3n) is 3.38. The fraction of sp³-hybridized carbons (Fsp3) is 0.467. The van der Waals surface area contributed by atoms with E-state index in [1.54, 1.807) is 24.3 Å². The summed E-state index contributed by atoms with van der Waals surface area (Å²) in [5.41, 5.74) is 1.21. The minimum atomic E-state index is -3.51. The van der Waals surface area contributed by atoms with Crippen molar-refractivity contribution >= 4 is 26.8 Å². The monoisotopic (exact) mass is 323 g/mol. The Balaban J connectivity index is 2.35. The molecule has 0 saturated heterocycles. The molecule has 1 amide bonds. The summed E-state index contributed by atoms with van der Waals surface area (Å²) in [5.74, 6) is -0.214. The van der Waals surface area contributed by atoms with Crippen LogP contribution in [0.2, 0.25) is 0 Å². The van der Waals surface area contributed by atoms with Crippen LogP contribution in [0.1, 0.15) is 26.7 Å². The predicted molar refractivity (Wildman–Crippen MR) is 85.4 cm³/mol. The molecule has 2 rings (SSSR count). The standard InChI is InChI=1S/C15H21N3O3S/c1-4-7-11(2)16-14(19)10-18-13-9-6-5-8-12(13)17-15(18)22(3,20)21/h5-6,8-9,11H,4,7,10H2,1-3H3,(H,16,19)/t11-/m1/s1. The average molecular weight is 323 g/mol. The van der Waals surface area contributed by atoms with Crippen LogP contribution in [0, 0.1) is 0 Å². The van der Waals surface area contributed by atoms with Crippen molar-refractivity contribution in [1.82, 2.24) is 14.9 Å². The predicted octanol–water partition coefficient (Wildman–Crippen LogP) is 1.74. The number of benzene rings is 1. The van der Waals surface area contributed by atoms with Crippen molar-refractivity contribution in [2.75, 3.05) is 6.26 Å². The number of carbonyl (C=O) groups is 1. The Labute approximate surface area is 130 Å².